The van der Waals surface area contributed by atoms with Crippen molar-refractivity contribution in [2.75, 3.05) is 6.54 Å². The van der Waals surface area contributed by atoms with Gasteiger partial charge in [0, 0.05) is 32.1 Å². The molecule has 132 valence electrons. The summed E-state index contributed by atoms with van der Waals surface area (Å²) in [6.45, 7) is 3.59. The fraction of sp³-hybridized carbons (Fsp3) is 0.389. The summed E-state index contributed by atoms with van der Waals surface area (Å²) in [4.78, 5) is 26.1. The van der Waals surface area contributed by atoms with Crippen LogP contribution in [0.2, 0.25) is 0 Å². The van der Waals surface area contributed by atoms with Gasteiger partial charge < -0.3 is 5.73 Å². The summed E-state index contributed by atoms with van der Waals surface area (Å²) in [7, 11) is 0. The van der Waals surface area contributed by atoms with Crippen molar-refractivity contribution in [2.45, 2.75) is 38.9 Å². The van der Waals surface area contributed by atoms with Gasteiger partial charge in [-0.05, 0) is 29.7 Å². The molecule has 1 aliphatic heterocycles. The van der Waals surface area contributed by atoms with Crippen LogP contribution in [0, 0.1) is 5.82 Å². The lowest BCUT2D eigenvalue weighted by atomic mass is 9.99. The smallest absolute Gasteiger partial charge is 0.267 e. The number of aryl methyl sites for hydroxylation is 1. The zero-order valence-corrected chi connectivity index (χ0v) is 14.1. The maximum Gasteiger partial charge on any atom is 0.267 e. The molecule has 0 fully saturated rings. The van der Waals surface area contributed by atoms with E-state index in [0.29, 0.717) is 31.6 Å². The van der Waals surface area contributed by atoms with E-state index in [2.05, 4.69) is 5.10 Å². The van der Waals surface area contributed by atoms with Gasteiger partial charge in [-0.2, -0.15) is 5.10 Å². The van der Waals surface area contributed by atoms with E-state index in [4.69, 9.17) is 5.73 Å². The molecule has 2 heterocycles. The highest BCUT2D eigenvalue weighted by Gasteiger charge is 2.29. The number of carbonyl (C=O) groups excluding carboxylic acids is 1. The predicted octanol–water partition coefficient (Wildman–Crippen LogP) is 1.38. The largest absolute Gasteiger partial charge is 0.368 e. The maximum atomic E-state index is 13.2. The summed E-state index contributed by atoms with van der Waals surface area (Å²) in [5.41, 5.74) is 7.80. The van der Waals surface area contributed by atoms with Crippen molar-refractivity contribution in [3.8, 4) is 0 Å². The number of amides is 1. The minimum absolute atomic E-state index is 0.139. The van der Waals surface area contributed by atoms with Crippen molar-refractivity contribution < 1.29 is 9.18 Å². The third-order valence-corrected chi connectivity index (χ3v) is 4.43. The zero-order chi connectivity index (χ0) is 18.0. The van der Waals surface area contributed by atoms with E-state index in [1.165, 1.54) is 16.8 Å². The molecule has 0 saturated carbocycles. The molecule has 0 saturated heterocycles. The van der Waals surface area contributed by atoms with Crippen molar-refractivity contribution >= 4 is 5.91 Å². The van der Waals surface area contributed by atoms with Gasteiger partial charge in [0.15, 0.2) is 0 Å². The van der Waals surface area contributed by atoms with Gasteiger partial charge in [-0.25, -0.2) is 9.07 Å². The highest BCUT2D eigenvalue weighted by atomic mass is 19.1. The first-order valence-corrected chi connectivity index (χ1v) is 8.38. The van der Waals surface area contributed by atoms with Crippen LogP contribution in [0.25, 0.3) is 0 Å². The molecule has 0 aliphatic carbocycles. The second-order valence-electron chi connectivity index (χ2n) is 6.25. The molecular weight excluding hydrogens is 323 g/mol. The molecule has 1 amide bonds. The van der Waals surface area contributed by atoms with Gasteiger partial charge in [-0.15, -0.1) is 0 Å². The third-order valence-electron chi connectivity index (χ3n) is 4.43. The monoisotopic (exact) mass is 344 g/mol. The molecule has 6 nitrogen and oxygen atoms in total. The first-order chi connectivity index (χ1) is 12.0. The average Bonchev–Trinajstić information content (AvgIpc) is 2.57. The Hall–Kier alpha value is -2.54. The van der Waals surface area contributed by atoms with E-state index < -0.39 is 11.9 Å². The Bertz CT molecular complexity index is 832. The number of aromatic nitrogens is 2. The Balaban J connectivity index is 1.89. The summed E-state index contributed by atoms with van der Waals surface area (Å²) in [5, 5.41) is 4.44. The Kier molecular flexibility index (Phi) is 4.94. The van der Waals surface area contributed by atoms with E-state index in [1.54, 1.807) is 18.2 Å². The third kappa shape index (κ3) is 3.61. The summed E-state index contributed by atoms with van der Waals surface area (Å²) in [6, 6.07) is 6.69. The molecule has 2 aromatic rings. The average molecular weight is 344 g/mol. The van der Waals surface area contributed by atoms with E-state index in [0.717, 1.165) is 17.7 Å². The van der Waals surface area contributed by atoms with Crippen LogP contribution in [-0.4, -0.2) is 27.1 Å². The molecule has 3 rings (SSSR count). The van der Waals surface area contributed by atoms with Crippen molar-refractivity contribution in [3.63, 3.8) is 0 Å². The first-order valence-electron chi connectivity index (χ1n) is 8.38. The number of benzene rings is 1. The van der Waals surface area contributed by atoms with Gasteiger partial charge in [0.25, 0.3) is 5.56 Å². The van der Waals surface area contributed by atoms with Gasteiger partial charge in [-0.1, -0.05) is 19.1 Å². The van der Waals surface area contributed by atoms with Crippen LogP contribution >= 0.6 is 0 Å². The molecule has 25 heavy (non-hydrogen) atoms. The number of hydrogen-bond acceptors (Lipinski definition) is 4. The number of fused-ring (bicyclic) bond motifs is 1. The number of nitrogens with two attached hydrogens (primary N) is 1. The minimum Gasteiger partial charge on any atom is -0.368 e. The molecular formula is C18H21FN4O2. The van der Waals surface area contributed by atoms with Crippen molar-refractivity contribution in [3.05, 3.63) is 63.3 Å². The normalized spacial score (nSPS) is 15.6. The van der Waals surface area contributed by atoms with Gasteiger partial charge in [0.05, 0.1) is 5.69 Å². The second-order valence-corrected chi connectivity index (χ2v) is 6.25. The molecule has 2 N–H and O–H groups in total. The number of carbonyl (C=O) groups is 1. The van der Waals surface area contributed by atoms with Crippen LogP contribution in [0.3, 0.4) is 0 Å². The molecule has 1 aromatic carbocycles. The lowest BCUT2D eigenvalue weighted by Gasteiger charge is -2.33. The van der Waals surface area contributed by atoms with Gasteiger partial charge in [0.2, 0.25) is 5.91 Å². The highest BCUT2D eigenvalue weighted by molar-refractivity contribution is 5.81. The number of rotatable bonds is 5. The van der Waals surface area contributed by atoms with Gasteiger partial charge in [-0.3, -0.25) is 14.5 Å². The molecule has 0 spiro atoms. The van der Waals surface area contributed by atoms with E-state index in [9.17, 15) is 14.0 Å². The Morgan fingerprint density at radius 2 is 2.08 bits per heavy atom. The Morgan fingerprint density at radius 1 is 1.36 bits per heavy atom. The van der Waals surface area contributed by atoms with Crippen LogP contribution in [0.15, 0.2) is 35.1 Å². The molecule has 0 radical (unpaired) electrons. The van der Waals surface area contributed by atoms with Crippen LogP contribution in [0.5, 0.6) is 0 Å². The molecule has 1 aliphatic rings. The van der Waals surface area contributed by atoms with Crippen LogP contribution < -0.4 is 11.3 Å². The molecule has 1 aromatic heterocycles. The Morgan fingerprint density at radius 3 is 2.72 bits per heavy atom. The zero-order valence-electron chi connectivity index (χ0n) is 14.1. The molecule has 7 heteroatoms. The summed E-state index contributed by atoms with van der Waals surface area (Å²) < 4.78 is 14.6. The quantitative estimate of drug-likeness (QED) is 0.888. The van der Waals surface area contributed by atoms with Crippen LogP contribution in [0.4, 0.5) is 4.39 Å². The van der Waals surface area contributed by atoms with Crippen LogP contribution in [-0.2, 0) is 24.3 Å². The number of primary amides is 1. The predicted molar refractivity (Wildman–Crippen MR) is 91.2 cm³/mol. The summed E-state index contributed by atoms with van der Waals surface area (Å²) in [5.74, 6) is -0.862. The highest BCUT2D eigenvalue weighted by Crippen LogP contribution is 2.26. The van der Waals surface area contributed by atoms with Crippen molar-refractivity contribution in [1.82, 2.24) is 14.7 Å². The number of hydrogen-bond donors (Lipinski definition) is 1. The standard InChI is InChI=1S/C18H21FN4O2/c1-2-8-23-16(24)10-13-11-22(9-7-15(13)21-23)17(18(20)25)12-3-5-14(19)6-4-12/h3-6,10,17H,2,7-9,11H2,1H3,(H2,20,25)/t17-/m1/s1. The lowest BCUT2D eigenvalue weighted by Crippen LogP contribution is -2.42. The molecule has 0 bridgehead atoms. The maximum absolute atomic E-state index is 13.2. The second kappa shape index (κ2) is 7.14. The first kappa shape index (κ1) is 17.3. The van der Waals surface area contributed by atoms with E-state index >= 15 is 0 Å². The lowest BCUT2D eigenvalue weighted by molar-refractivity contribution is -0.123. The molecule has 1 atom stereocenters. The SMILES string of the molecule is CCCn1nc2c(cc1=O)CN([C@@H](C(N)=O)c1ccc(F)cc1)CC2. The van der Waals surface area contributed by atoms with E-state index in [-0.39, 0.29) is 11.4 Å². The van der Waals surface area contributed by atoms with Crippen LogP contribution in [0.1, 0.15) is 36.2 Å². The summed E-state index contributed by atoms with van der Waals surface area (Å²) in [6.07, 6.45) is 1.47. The summed E-state index contributed by atoms with van der Waals surface area (Å²) >= 11 is 0. The fourth-order valence-corrected chi connectivity index (χ4v) is 3.25. The van der Waals surface area contributed by atoms with Gasteiger partial charge in [0.1, 0.15) is 11.9 Å². The molecule has 0 unspecified atom stereocenters. The minimum atomic E-state index is -0.660. The van der Waals surface area contributed by atoms with E-state index in [1.807, 2.05) is 11.8 Å². The fourth-order valence-electron chi connectivity index (χ4n) is 3.25. The number of halogens is 1. The van der Waals surface area contributed by atoms with Crippen molar-refractivity contribution in [1.29, 1.82) is 0 Å². The topological polar surface area (TPSA) is 81.2 Å². The number of nitrogens with zero attached hydrogens (tertiary/aromatic N) is 3. The van der Waals surface area contributed by atoms with Crippen molar-refractivity contribution in [2.24, 2.45) is 5.73 Å². The Labute approximate surface area is 145 Å². The van der Waals surface area contributed by atoms with Gasteiger partial charge >= 0.3 is 0 Å².